The third-order valence-electron chi connectivity index (χ3n) is 4.68. The zero-order valence-corrected chi connectivity index (χ0v) is 17.1. The molecule has 160 valence electrons. The first-order chi connectivity index (χ1) is 14.6. The SMILES string of the molecule is CC(=O)O[C@H]1C=C[C@@H](O)[C@H](COCc2ccccc2)O[C@@H]1COCc1ccccc1. The minimum absolute atomic E-state index is 0.197. The quantitative estimate of drug-likeness (QED) is 0.504. The number of esters is 1. The van der Waals surface area contributed by atoms with Gasteiger partial charge in [0.15, 0.2) is 0 Å². The van der Waals surface area contributed by atoms with Gasteiger partial charge in [-0.2, -0.15) is 0 Å². The summed E-state index contributed by atoms with van der Waals surface area (Å²) in [6, 6.07) is 19.6. The summed E-state index contributed by atoms with van der Waals surface area (Å²) in [6.45, 7) is 2.58. The molecule has 2 aromatic carbocycles. The van der Waals surface area contributed by atoms with Crippen LogP contribution in [0.15, 0.2) is 72.8 Å². The summed E-state index contributed by atoms with van der Waals surface area (Å²) in [4.78, 5) is 11.5. The molecular formula is C24H28O6. The van der Waals surface area contributed by atoms with Crippen molar-refractivity contribution in [2.24, 2.45) is 0 Å². The predicted molar refractivity (Wildman–Crippen MR) is 112 cm³/mol. The third kappa shape index (κ3) is 7.07. The lowest BCUT2D eigenvalue weighted by Crippen LogP contribution is -2.41. The van der Waals surface area contributed by atoms with Gasteiger partial charge in [-0.1, -0.05) is 66.7 Å². The molecule has 0 radical (unpaired) electrons. The highest BCUT2D eigenvalue weighted by molar-refractivity contribution is 5.66. The summed E-state index contributed by atoms with van der Waals surface area (Å²) in [6.07, 6.45) is 0.554. The lowest BCUT2D eigenvalue weighted by atomic mass is 10.2. The number of carbonyl (C=O) groups is 1. The second kappa shape index (κ2) is 11.6. The topological polar surface area (TPSA) is 74.2 Å². The summed E-state index contributed by atoms with van der Waals surface area (Å²) in [7, 11) is 0. The van der Waals surface area contributed by atoms with Crippen LogP contribution >= 0.6 is 0 Å². The molecule has 0 bridgehead atoms. The van der Waals surface area contributed by atoms with Crippen molar-refractivity contribution in [3.63, 3.8) is 0 Å². The van der Waals surface area contributed by atoms with Gasteiger partial charge >= 0.3 is 5.97 Å². The van der Waals surface area contributed by atoms with Gasteiger partial charge in [0, 0.05) is 6.92 Å². The van der Waals surface area contributed by atoms with Crippen molar-refractivity contribution >= 4 is 5.97 Å². The van der Waals surface area contributed by atoms with E-state index in [9.17, 15) is 9.90 Å². The number of benzene rings is 2. The maximum Gasteiger partial charge on any atom is 0.303 e. The van der Waals surface area contributed by atoms with E-state index in [2.05, 4.69) is 0 Å². The van der Waals surface area contributed by atoms with Crippen LogP contribution in [0.3, 0.4) is 0 Å². The van der Waals surface area contributed by atoms with E-state index in [-0.39, 0.29) is 13.2 Å². The summed E-state index contributed by atoms with van der Waals surface area (Å²) < 4.78 is 23.0. The van der Waals surface area contributed by atoms with Crippen LogP contribution in [0.5, 0.6) is 0 Å². The maximum absolute atomic E-state index is 11.5. The molecule has 4 atom stereocenters. The lowest BCUT2D eigenvalue weighted by Gasteiger charge is -2.27. The van der Waals surface area contributed by atoms with Crippen LogP contribution in [-0.4, -0.2) is 48.7 Å². The van der Waals surface area contributed by atoms with Crippen molar-refractivity contribution in [3.05, 3.63) is 83.9 Å². The average Bonchev–Trinajstić information content (AvgIpc) is 2.89. The minimum atomic E-state index is -0.877. The van der Waals surface area contributed by atoms with Crippen LogP contribution in [-0.2, 0) is 37.0 Å². The van der Waals surface area contributed by atoms with E-state index in [4.69, 9.17) is 18.9 Å². The molecule has 3 rings (SSSR count). The summed E-state index contributed by atoms with van der Waals surface area (Å²) in [5.74, 6) is -0.422. The monoisotopic (exact) mass is 412 g/mol. The van der Waals surface area contributed by atoms with E-state index < -0.39 is 30.4 Å². The van der Waals surface area contributed by atoms with E-state index in [1.165, 1.54) is 6.92 Å². The Hall–Kier alpha value is -2.51. The minimum Gasteiger partial charge on any atom is -0.455 e. The van der Waals surface area contributed by atoms with Crippen molar-refractivity contribution in [2.75, 3.05) is 13.2 Å². The van der Waals surface area contributed by atoms with Crippen LogP contribution < -0.4 is 0 Å². The largest absolute Gasteiger partial charge is 0.455 e. The number of hydrogen-bond donors (Lipinski definition) is 1. The predicted octanol–water partition coefficient (Wildman–Crippen LogP) is 3.04. The highest BCUT2D eigenvalue weighted by Gasteiger charge is 2.32. The Kier molecular flexibility index (Phi) is 8.59. The first-order valence-corrected chi connectivity index (χ1v) is 10.0. The van der Waals surface area contributed by atoms with Crippen molar-refractivity contribution in [1.29, 1.82) is 0 Å². The van der Waals surface area contributed by atoms with Gasteiger partial charge in [0.1, 0.15) is 24.4 Å². The van der Waals surface area contributed by atoms with Gasteiger partial charge in [-0.05, 0) is 17.2 Å². The van der Waals surface area contributed by atoms with Gasteiger partial charge in [-0.25, -0.2) is 0 Å². The highest BCUT2D eigenvalue weighted by atomic mass is 16.6. The van der Waals surface area contributed by atoms with E-state index in [0.29, 0.717) is 13.2 Å². The van der Waals surface area contributed by atoms with Crippen molar-refractivity contribution in [1.82, 2.24) is 0 Å². The molecule has 6 nitrogen and oxygen atoms in total. The summed E-state index contributed by atoms with van der Waals surface area (Å²) >= 11 is 0. The van der Waals surface area contributed by atoms with Gasteiger partial charge in [-0.15, -0.1) is 0 Å². The van der Waals surface area contributed by atoms with Crippen LogP contribution in [0, 0.1) is 0 Å². The molecule has 0 fully saturated rings. The summed E-state index contributed by atoms with van der Waals surface area (Å²) in [5, 5.41) is 10.4. The molecule has 0 amide bonds. The van der Waals surface area contributed by atoms with Crippen molar-refractivity contribution < 1.29 is 28.8 Å². The highest BCUT2D eigenvalue weighted by Crippen LogP contribution is 2.19. The van der Waals surface area contributed by atoms with Crippen molar-refractivity contribution in [2.45, 2.75) is 44.6 Å². The second-order valence-corrected chi connectivity index (χ2v) is 7.16. The average molecular weight is 412 g/mol. The normalized spacial score (nSPS) is 23.7. The summed E-state index contributed by atoms with van der Waals surface area (Å²) in [5.41, 5.74) is 2.07. The fourth-order valence-corrected chi connectivity index (χ4v) is 3.17. The molecule has 0 unspecified atom stereocenters. The molecule has 1 aliphatic heterocycles. The first kappa shape index (κ1) is 22.2. The van der Waals surface area contributed by atoms with Gasteiger partial charge in [-0.3, -0.25) is 4.79 Å². The fraction of sp³-hybridized carbons (Fsp3) is 0.375. The fourth-order valence-electron chi connectivity index (χ4n) is 3.17. The van der Waals surface area contributed by atoms with E-state index >= 15 is 0 Å². The number of aliphatic hydroxyl groups excluding tert-OH is 1. The molecule has 2 aromatic rings. The molecule has 0 spiro atoms. The Balaban J connectivity index is 1.58. The molecular weight excluding hydrogens is 384 g/mol. The third-order valence-corrected chi connectivity index (χ3v) is 4.68. The molecule has 0 saturated heterocycles. The zero-order valence-electron chi connectivity index (χ0n) is 17.1. The Bertz CT molecular complexity index is 792. The molecule has 0 aliphatic carbocycles. The van der Waals surface area contributed by atoms with Gasteiger partial charge in [0.2, 0.25) is 0 Å². The Morgan fingerprint density at radius 1 is 0.867 bits per heavy atom. The number of aliphatic hydroxyl groups is 1. The van der Waals surface area contributed by atoms with Gasteiger partial charge in [0.05, 0.1) is 26.4 Å². The first-order valence-electron chi connectivity index (χ1n) is 10.0. The Morgan fingerprint density at radius 2 is 1.40 bits per heavy atom. The number of hydrogen-bond acceptors (Lipinski definition) is 6. The molecule has 0 aromatic heterocycles. The molecule has 30 heavy (non-hydrogen) atoms. The molecule has 1 N–H and O–H groups in total. The zero-order chi connectivity index (χ0) is 21.2. The molecule has 1 aliphatic rings. The molecule has 1 heterocycles. The van der Waals surface area contributed by atoms with E-state index in [0.717, 1.165) is 11.1 Å². The number of ether oxygens (including phenoxy) is 4. The lowest BCUT2D eigenvalue weighted by molar-refractivity contribution is -0.166. The van der Waals surface area contributed by atoms with Crippen LogP contribution in [0.1, 0.15) is 18.1 Å². The smallest absolute Gasteiger partial charge is 0.303 e. The maximum atomic E-state index is 11.5. The second-order valence-electron chi connectivity index (χ2n) is 7.16. The van der Waals surface area contributed by atoms with Gasteiger partial charge < -0.3 is 24.1 Å². The molecule has 6 heteroatoms. The van der Waals surface area contributed by atoms with E-state index in [1.807, 2.05) is 60.7 Å². The van der Waals surface area contributed by atoms with Gasteiger partial charge in [0.25, 0.3) is 0 Å². The number of carbonyl (C=O) groups excluding carboxylic acids is 1. The van der Waals surface area contributed by atoms with Crippen molar-refractivity contribution in [3.8, 4) is 0 Å². The standard InChI is InChI=1S/C24H28O6/c1-18(25)29-22-13-12-21(26)23(16-27-14-19-8-4-2-5-9-19)30-24(22)17-28-15-20-10-6-3-7-11-20/h2-13,21-24,26H,14-17H2,1H3/t21-,22+,23+,24-/m1/s1. The number of rotatable bonds is 9. The Labute approximate surface area is 177 Å². The van der Waals surface area contributed by atoms with Crippen LogP contribution in [0.4, 0.5) is 0 Å². The van der Waals surface area contributed by atoms with Crippen LogP contribution in [0.2, 0.25) is 0 Å². The Morgan fingerprint density at radius 3 is 1.93 bits per heavy atom. The molecule has 0 saturated carbocycles. The van der Waals surface area contributed by atoms with E-state index in [1.54, 1.807) is 12.2 Å². The van der Waals surface area contributed by atoms with Crippen LogP contribution in [0.25, 0.3) is 0 Å².